The van der Waals surface area contributed by atoms with Crippen LogP contribution in [0.3, 0.4) is 0 Å². The molecule has 1 N–H and O–H groups in total. The van der Waals surface area contributed by atoms with Gasteiger partial charge in [0.1, 0.15) is 0 Å². The van der Waals surface area contributed by atoms with E-state index in [0.717, 1.165) is 16.3 Å². The van der Waals surface area contributed by atoms with Crippen molar-refractivity contribution in [3.8, 4) is 23.4 Å². The zero-order chi connectivity index (χ0) is 17.8. The van der Waals surface area contributed by atoms with E-state index in [2.05, 4.69) is 6.07 Å². The molecular weight excluding hydrogens is 316 g/mol. The third-order valence-electron chi connectivity index (χ3n) is 4.22. The smallest absolute Gasteiger partial charge is 0.199 e. The zero-order valence-electron chi connectivity index (χ0n) is 14.3. The number of fused-ring (bicyclic) bond motifs is 1. The van der Waals surface area contributed by atoms with Gasteiger partial charge in [0.25, 0.3) is 0 Å². The normalized spacial score (nSPS) is 11.9. The van der Waals surface area contributed by atoms with Gasteiger partial charge in [-0.15, -0.1) is 0 Å². The van der Waals surface area contributed by atoms with Crippen molar-refractivity contribution in [2.24, 2.45) is 0 Å². The Balaban J connectivity index is 2.11. The fourth-order valence-electron chi connectivity index (χ4n) is 3.03. The molecule has 0 aliphatic carbocycles. The molecule has 3 aromatic rings. The molecular formula is C20H20N2O3. The van der Waals surface area contributed by atoms with Crippen molar-refractivity contribution in [1.29, 1.82) is 5.26 Å². The average molecular weight is 336 g/mol. The van der Waals surface area contributed by atoms with E-state index in [0.29, 0.717) is 18.1 Å². The van der Waals surface area contributed by atoms with Crippen LogP contribution in [0.25, 0.3) is 10.8 Å². The first-order valence-corrected chi connectivity index (χ1v) is 8.15. The Labute approximate surface area is 146 Å². The maximum atomic E-state index is 10.6. The standard InChI is InChI=1S/C20H20N2O3/c1-3-25-19-12-14(8-9-18(19)24-2)17(10-11-21)22-13-15-6-4-5-7-16(15)20(22)23/h4-9,12-13,17,23H,3,10H2,1-2H3. The highest BCUT2D eigenvalue weighted by molar-refractivity contribution is 5.87. The van der Waals surface area contributed by atoms with Crippen LogP contribution in [0.2, 0.25) is 0 Å². The van der Waals surface area contributed by atoms with E-state index in [4.69, 9.17) is 9.47 Å². The molecule has 3 rings (SSSR count). The number of rotatable bonds is 6. The summed E-state index contributed by atoms with van der Waals surface area (Å²) in [5.74, 6) is 1.43. The minimum absolute atomic E-state index is 0.157. The molecule has 0 bridgehead atoms. The van der Waals surface area contributed by atoms with Crippen LogP contribution in [0, 0.1) is 11.3 Å². The van der Waals surface area contributed by atoms with E-state index in [1.807, 2.05) is 55.6 Å². The van der Waals surface area contributed by atoms with Gasteiger partial charge in [0.2, 0.25) is 0 Å². The number of hydrogen-bond donors (Lipinski definition) is 1. The molecule has 0 saturated carbocycles. The number of aromatic hydroxyl groups is 1. The lowest BCUT2D eigenvalue weighted by atomic mass is 10.0. The summed E-state index contributed by atoms with van der Waals surface area (Å²) in [5.41, 5.74) is 0.876. The molecule has 5 heteroatoms. The zero-order valence-corrected chi connectivity index (χ0v) is 14.3. The van der Waals surface area contributed by atoms with Crippen molar-refractivity contribution in [3.63, 3.8) is 0 Å². The lowest BCUT2D eigenvalue weighted by Crippen LogP contribution is -2.09. The molecule has 25 heavy (non-hydrogen) atoms. The van der Waals surface area contributed by atoms with Gasteiger partial charge in [-0.05, 0) is 30.7 Å². The molecule has 0 radical (unpaired) electrons. The molecule has 0 fully saturated rings. The molecule has 1 aromatic heterocycles. The maximum Gasteiger partial charge on any atom is 0.199 e. The molecule has 128 valence electrons. The second-order valence-electron chi connectivity index (χ2n) is 5.67. The van der Waals surface area contributed by atoms with Gasteiger partial charge in [-0.2, -0.15) is 5.26 Å². The van der Waals surface area contributed by atoms with Gasteiger partial charge < -0.3 is 19.1 Å². The fourth-order valence-corrected chi connectivity index (χ4v) is 3.03. The summed E-state index contributed by atoms with van der Waals surface area (Å²) in [6.07, 6.45) is 2.10. The summed E-state index contributed by atoms with van der Waals surface area (Å²) >= 11 is 0. The SMILES string of the molecule is CCOc1cc(C(CC#N)n2cc3ccccc3c2O)ccc1OC. The van der Waals surface area contributed by atoms with Crippen LogP contribution in [0.4, 0.5) is 0 Å². The molecule has 1 unspecified atom stereocenters. The fraction of sp³-hybridized carbons (Fsp3) is 0.250. The highest BCUT2D eigenvalue weighted by atomic mass is 16.5. The molecule has 5 nitrogen and oxygen atoms in total. The Bertz CT molecular complexity index is 924. The van der Waals surface area contributed by atoms with Crippen LogP contribution in [0.1, 0.15) is 24.9 Å². The second kappa shape index (κ2) is 7.18. The van der Waals surface area contributed by atoms with E-state index >= 15 is 0 Å². The third kappa shape index (κ3) is 3.11. The third-order valence-corrected chi connectivity index (χ3v) is 4.22. The number of nitrogens with zero attached hydrogens (tertiary/aromatic N) is 2. The lowest BCUT2D eigenvalue weighted by molar-refractivity contribution is 0.310. The van der Waals surface area contributed by atoms with Gasteiger partial charge >= 0.3 is 0 Å². The van der Waals surface area contributed by atoms with E-state index in [-0.39, 0.29) is 18.3 Å². The Morgan fingerprint density at radius 3 is 2.68 bits per heavy atom. The van der Waals surface area contributed by atoms with Crippen molar-refractivity contribution in [2.45, 2.75) is 19.4 Å². The number of methoxy groups -OCH3 is 1. The minimum Gasteiger partial charge on any atom is -0.494 e. The van der Waals surface area contributed by atoms with Crippen LogP contribution in [0.15, 0.2) is 48.7 Å². The first-order chi connectivity index (χ1) is 12.2. The second-order valence-corrected chi connectivity index (χ2v) is 5.67. The summed E-state index contributed by atoms with van der Waals surface area (Å²) in [5, 5.41) is 21.6. The predicted molar refractivity (Wildman–Crippen MR) is 96.1 cm³/mol. The Hall–Kier alpha value is -3.13. The largest absolute Gasteiger partial charge is 0.494 e. The van der Waals surface area contributed by atoms with Crippen molar-refractivity contribution < 1.29 is 14.6 Å². The Morgan fingerprint density at radius 1 is 1.20 bits per heavy atom. The number of nitriles is 1. The van der Waals surface area contributed by atoms with Crippen LogP contribution in [-0.2, 0) is 0 Å². The summed E-state index contributed by atoms with van der Waals surface area (Å²) < 4.78 is 12.7. The molecule has 1 atom stereocenters. The van der Waals surface area contributed by atoms with Crippen molar-refractivity contribution in [1.82, 2.24) is 4.57 Å². The van der Waals surface area contributed by atoms with Crippen molar-refractivity contribution in [2.75, 3.05) is 13.7 Å². The highest BCUT2D eigenvalue weighted by Gasteiger charge is 2.20. The van der Waals surface area contributed by atoms with Crippen LogP contribution < -0.4 is 9.47 Å². The summed E-state index contributed by atoms with van der Waals surface area (Å²) in [6.45, 7) is 2.42. The molecule has 0 saturated heterocycles. The first kappa shape index (κ1) is 16.7. The summed E-state index contributed by atoms with van der Waals surface area (Å²) in [6, 6.07) is 15.1. The molecule has 1 heterocycles. The average Bonchev–Trinajstić information content (AvgIpc) is 2.97. The summed E-state index contributed by atoms with van der Waals surface area (Å²) in [7, 11) is 1.59. The van der Waals surface area contributed by atoms with E-state index < -0.39 is 0 Å². The van der Waals surface area contributed by atoms with Gasteiger partial charge in [-0.25, -0.2) is 0 Å². The number of benzene rings is 2. The molecule has 0 amide bonds. The van der Waals surface area contributed by atoms with Crippen molar-refractivity contribution in [3.05, 3.63) is 54.2 Å². The predicted octanol–water partition coefficient (Wildman–Crippen LogP) is 4.26. The number of aromatic nitrogens is 1. The van der Waals surface area contributed by atoms with E-state index in [1.54, 1.807) is 11.7 Å². The molecule has 2 aromatic carbocycles. The van der Waals surface area contributed by atoms with E-state index in [1.165, 1.54) is 0 Å². The number of ether oxygens (including phenoxy) is 2. The minimum atomic E-state index is -0.317. The first-order valence-electron chi connectivity index (χ1n) is 8.15. The van der Waals surface area contributed by atoms with Gasteiger partial charge in [0, 0.05) is 17.0 Å². The monoisotopic (exact) mass is 336 g/mol. The van der Waals surface area contributed by atoms with Gasteiger partial charge in [-0.1, -0.05) is 24.3 Å². The van der Waals surface area contributed by atoms with Crippen LogP contribution >= 0.6 is 0 Å². The number of hydrogen-bond acceptors (Lipinski definition) is 4. The van der Waals surface area contributed by atoms with Crippen LogP contribution in [0.5, 0.6) is 17.4 Å². The van der Waals surface area contributed by atoms with Gasteiger partial charge in [-0.3, -0.25) is 0 Å². The van der Waals surface area contributed by atoms with E-state index in [9.17, 15) is 10.4 Å². The summed E-state index contributed by atoms with van der Waals surface area (Å²) in [4.78, 5) is 0. The van der Waals surface area contributed by atoms with Gasteiger partial charge in [0.05, 0.1) is 32.2 Å². The van der Waals surface area contributed by atoms with Gasteiger partial charge in [0.15, 0.2) is 17.4 Å². The quantitative estimate of drug-likeness (QED) is 0.730. The maximum absolute atomic E-state index is 10.6. The lowest BCUT2D eigenvalue weighted by Gasteiger charge is -2.19. The topological polar surface area (TPSA) is 67.4 Å². The van der Waals surface area contributed by atoms with Crippen molar-refractivity contribution >= 4 is 10.8 Å². The Morgan fingerprint density at radius 2 is 2.00 bits per heavy atom. The molecule has 0 aliphatic heterocycles. The van der Waals surface area contributed by atoms with Crippen LogP contribution in [-0.4, -0.2) is 23.4 Å². The highest BCUT2D eigenvalue weighted by Crippen LogP contribution is 2.37. The molecule has 0 spiro atoms. The Kier molecular flexibility index (Phi) is 4.80. The molecule has 0 aliphatic rings.